The van der Waals surface area contributed by atoms with Crippen molar-refractivity contribution in [3.05, 3.63) is 83.6 Å². The van der Waals surface area contributed by atoms with Gasteiger partial charge < -0.3 is 11.1 Å². The Morgan fingerprint density at radius 1 is 1.15 bits per heavy atom. The van der Waals surface area contributed by atoms with Crippen LogP contribution in [0.1, 0.15) is 48.0 Å². The van der Waals surface area contributed by atoms with E-state index in [9.17, 15) is 4.79 Å². The number of carbonyl (C=O) groups is 1. The molecule has 138 valence electrons. The Morgan fingerprint density at radius 3 is 2.78 bits per heavy atom. The summed E-state index contributed by atoms with van der Waals surface area (Å²) >= 11 is 0. The number of hydrogen-bond acceptors (Lipinski definition) is 3. The maximum Gasteiger partial charge on any atom is 0.227 e. The molecule has 0 saturated carbocycles. The zero-order chi connectivity index (χ0) is 18.6. The molecule has 1 aromatic heterocycles. The lowest BCUT2D eigenvalue weighted by atomic mass is 9.88. The Bertz CT molecular complexity index is 919. The molecular weight excluding hydrogens is 336 g/mol. The van der Waals surface area contributed by atoms with Gasteiger partial charge in [-0.05, 0) is 36.0 Å². The van der Waals surface area contributed by atoms with Crippen molar-refractivity contribution >= 4 is 11.7 Å². The second-order valence-electron chi connectivity index (χ2n) is 7.04. The molecule has 0 bridgehead atoms. The normalized spacial score (nSPS) is 17.1. The molecule has 0 radical (unpaired) electrons. The molecule has 4 rings (SSSR count). The van der Waals surface area contributed by atoms with Crippen molar-refractivity contribution in [2.24, 2.45) is 5.73 Å². The van der Waals surface area contributed by atoms with Crippen LogP contribution in [0.5, 0.6) is 0 Å². The number of hydrogen-bond donors (Lipinski definition) is 2. The molecule has 1 aliphatic carbocycles. The SMILES string of the molecule is NC(CC(=O)Nc1ccnn1C1CCCc2ccccc21)c1ccccc1. The van der Waals surface area contributed by atoms with E-state index in [4.69, 9.17) is 5.73 Å². The molecule has 1 heterocycles. The number of benzene rings is 2. The molecule has 27 heavy (non-hydrogen) atoms. The molecule has 0 aliphatic heterocycles. The lowest BCUT2D eigenvalue weighted by Crippen LogP contribution is -2.24. The van der Waals surface area contributed by atoms with Crippen LogP contribution in [-0.2, 0) is 11.2 Å². The summed E-state index contributed by atoms with van der Waals surface area (Å²) in [5.41, 5.74) is 9.81. The van der Waals surface area contributed by atoms with Crippen molar-refractivity contribution in [3.8, 4) is 0 Å². The minimum Gasteiger partial charge on any atom is -0.324 e. The standard InChI is InChI=1S/C22H24N4O/c23-19(17-8-2-1-3-9-17)15-22(27)25-21-13-14-24-26(21)20-12-6-10-16-7-4-5-11-18(16)20/h1-5,7-9,11,13-14,19-20H,6,10,12,15,23H2,(H,25,27). The lowest BCUT2D eigenvalue weighted by Gasteiger charge is -2.27. The summed E-state index contributed by atoms with van der Waals surface area (Å²) in [6, 6.07) is 19.9. The summed E-state index contributed by atoms with van der Waals surface area (Å²) in [7, 11) is 0. The number of amides is 1. The molecule has 2 atom stereocenters. The average Bonchev–Trinajstić information content (AvgIpc) is 3.15. The highest BCUT2D eigenvalue weighted by Gasteiger charge is 2.24. The summed E-state index contributed by atoms with van der Waals surface area (Å²) in [6.07, 6.45) is 5.21. The highest BCUT2D eigenvalue weighted by molar-refractivity contribution is 5.90. The van der Waals surface area contributed by atoms with Crippen molar-refractivity contribution in [1.29, 1.82) is 0 Å². The number of anilines is 1. The first-order chi connectivity index (χ1) is 13.2. The van der Waals surface area contributed by atoms with Crippen LogP contribution in [0.15, 0.2) is 66.9 Å². The van der Waals surface area contributed by atoms with Gasteiger partial charge in [0.2, 0.25) is 5.91 Å². The van der Waals surface area contributed by atoms with Gasteiger partial charge in [-0.25, -0.2) is 4.68 Å². The van der Waals surface area contributed by atoms with Gasteiger partial charge >= 0.3 is 0 Å². The van der Waals surface area contributed by atoms with E-state index in [0.717, 1.165) is 30.6 Å². The molecule has 5 nitrogen and oxygen atoms in total. The molecule has 5 heteroatoms. The topological polar surface area (TPSA) is 72.9 Å². The monoisotopic (exact) mass is 360 g/mol. The molecule has 0 saturated heterocycles. The molecule has 3 N–H and O–H groups in total. The van der Waals surface area contributed by atoms with E-state index in [1.54, 1.807) is 6.20 Å². The smallest absolute Gasteiger partial charge is 0.227 e. The Labute approximate surface area is 159 Å². The highest BCUT2D eigenvalue weighted by Crippen LogP contribution is 2.34. The van der Waals surface area contributed by atoms with Gasteiger partial charge in [0, 0.05) is 18.5 Å². The minimum absolute atomic E-state index is 0.0998. The van der Waals surface area contributed by atoms with Crippen LogP contribution >= 0.6 is 0 Å². The summed E-state index contributed by atoms with van der Waals surface area (Å²) in [6.45, 7) is 0. The minimum atomic E-state index is -0.321. The zero-order valence-electron chi connectivity index (χ0n) is 15.2. The van der Waals surface area contributed by atoms with Gasteiger partial charge in [0.05, 0.1) is 12.2 Å². The van der Waals surface area contributed by atoms with E-state index in [1.165, 1.54) is 11.1 Å². The number of nitrogens with two attached hydrogens (primary N) is 1. The fourth-order valence-electron chi connectivity index (χ4n) is 3.86. The number of rotatable bonds is 5. The van der Waals surface area contributed by atoms with Crippen molar-refractivity contribution in [2.75, 3.05) is 5.32 Å². The first-order valence-electron chi connectivity index (χ1n) is 9.44. The van der Waals surface area contributed by atoms with Gasteiger partial charge in [0.1, 0.15) is 5.82 Å². The first-order valence-corrected chi connectivity index (χ1v) is 9.44. The molecule has 1 amide bonds. The van der Waals surface area contributed by atoms with Gasteiger partial charge in [-0.1, -0.05) is 54.6 Å². The molecule has 2 unspecified atom stereocenters. The largest absolute Gasteiger partial charge is 0.324 e. The van der Waals surface area contributed by atoms with E-state index in [-0.39, 0.29) is 24.4 Å². The van der Waals surface area contributed by atoms with E-state index < -0.39 is 0 Å². The Kier molecular flexibility index (Phi) is 5.03. The molecule has 1 aliphatic rings. The number of fused-ring (bicyclic) bond motifs is 1. The van der Waals surface area contributed by atoms with Crippen LogP contribution in [0.25, 0.3) is 0 Å². The fraction of sp³-hybridized carbons (Fsp3) is 0.273. The molecule has 2 aromatic carbocycles. The Morgan fingerprint density at radius 2 is 1.93 bits per heavy atom. The van der Waals surface area contributed by atoms with Gasteiger partial charge in [0.25, 0.3) is 0 Å². The third kappa shape index (κ3) is 3.78. The number of aryl methyl sites for hydroxylation is 1. The maximum absolute atomic E-state index is 12.5. The summed E-state index contributed by atoms with van der Waals surface area (Å²) in [4.78, 5) is 12.5. The highest BCUT2D eigenvalue weighted by atomic mass is 16.1. The average molecular weight is 360 g/mol. The van der Waals surface area contributed by atoms with Gasteiger partial charge in [-0.2, -0.15) is 5.10 Å². The van der Waals surface area contributed by atoms with Gasteiger partial charge in [-0.3, -0.25) is 4.79 Å². The van der Waals surface area contributed by atoms with Crippen molar-refractivity contribution in [1.82, 2.24) is 9.78 Å². The van der Waals surface area contributed by atoms with E-state index in [0.29, 0.717) is 0 Å². The molecule has 3 aromatic rings. The first kappa shape index (κ1) is 17.5. The van der Waals surface area contributed by atoms with E-state index in [2.05, 4.69) is 34.7 Å². The Balaban J connectivity index is 1.49. The van der Waals surface area contributed by atoms with Crippen LogP contribution < -0.4 is 11.1 Å². The summed E-state index contributed by atoms with van der Waals surface area (Å²) < 4.78 is 1.93. The fourth-order valence-corrected chi connectivity index (χ4v) is 3.86. The quantitative estimate of drug-likeness (QED) is 0.726. The third-order valence-corrected chi connectivity index (χ3v) is 5.20. The predicted molar refractivity (Wildman–Crippen MR) is 106 cm³/mol. The van der Waals surface area contributed by atoms with Crippen molar-refractivity contribution in [2.45, 2.75) is 37.8 Å². The van der Waals surface area contributed by atoms with Gasteiger partial charge in [-0.15, -0.1) is 0 Å². The second kappa shape index (κ2) is 7.76. The van der Waals surface area contributed by atoms with E-state index >= 15 is 0 Å². The number of aromatic nitrogens is 2. The van der Waals surface area contributed by atoms with E-state index in [1.807, 2.05) is 41.1 Å². The zero-order valence-corrected chi connectivity index (χ0v) is 15.2. The lowest BCUT2D eigenvalue weighted by molar-refractivity contribution is -0.116. The van der Waals surface area contributed by atoms with Crippen molar-refractivity contribution in [3.63, 3.8) is 0 Å². The summed E-state index contributed by atoms with van der Waals surface area (Å²) in [5.74, 6) is 0.624. The number of carbonyl (C=O) groups excluding carboxylic acids is 1. The predicted octanol–water partition coefficient (Wildman–Crippen LogP) is 3.84. The molecule has 0 spiro atoms. The van der Waals surface area contributed by atoms with Crippen LogP contribution in [0.2, 0.25) is 0 Å². The Hall–Kier alpha value is -2.92. The van der Waals surface area contributed by atoms with Crippen LogP contribution in [0.4, 0.5) is 5.82 Å². The second-order valence-corrected chi connectivity index (χ2v) is 7.04. The maximum atomic E-state index is 12.5. The number of nitrogens with one attached hydrogen (secondary N) is 1. The van der Waals surface area contributed by atoms with Crippen LogP contribution in [0.3, 0.4) is 0 Å². The molecule has 0 fully saturated rings. The van der Waals surface area contributed by atoms with Crippen molar-refractivity contribution < 1.29 is 4.79 Å². The van der Waals surface area contributed by atoms with Crippen LogP contribution in [0, 0.1) is 0 Å². The third-order valence-electron chi connectivity index (χ3n) is 5.20. The number of nitrogens with zero attached hydrogens (tertiary/aromatic N) is 2. The van der Waals surface area contributed by atoms with Crippen LogP contribution in [-0.4, -0.2) is 15.7 Å². The summed E-state index contributed by atoms with van der Waals surface area (Å²) in [5, 5.41) is 7.50. The van der Waals surface area contributed by atoms with Gasteiger partial charge in [0.15, 0.2) is 0 Å². The molecular formula is C22H24N4O.